The predicted octanol–water partition coefficient (Wildman–Crippen LogP) is 6.10. The average molecular weight is 801 g/mol. The molecule has 1 aliphatic rings. The molecule has 4 aromatic rings. The molecule has 5 rings (SSSR count). The van der Waals surface area contributed by atoms with Crippen LogP contribution < -0.4 is 29.1 Å². The molecule has 48 heavy (non-hydrogen) atoms. The molecule has 0 spiro atoms. The van der Waals surface area contributed by atoms with E-state index >= 15 is 0 Å². The Balaban J connectivity index is 1.49. The fraction of sp³-hybridized carbons (Fsp3) is 0.257. The molecule has 0 unspecified atom stereocenters. The zero-order valence-electron chi connectivity index (χ0n) is 26.8. The van der Waals surface area contributed by atoms with E-state index in [4.69, 9.17) is 23.7 Å². The van der Waals surface area contributed by atoms with Crippen LogP contribution >= 0.6 is 43.2 Å². The van der Waals surface area contributed by atoms with Gasteiger partial charge in [-0.25, -0.2) is 14.6 Å². The van der Waals surface area contributed by atoms with E-state index in [2.05, 4.69) is 36.9 Å². The molecule has 0 N–H and O–H groups in total. The van der Waals surface area contributed by atoms with Crippen molar-refractivity contribution in [3.8, 4) is 17.2 Å². The summed E-state index contributed by atoms with van der Waals surface area (Å²) >= 11 is 8.43. The summed E-state index contributed by atoms with van der Waals surface area (Å²) in [6, 6.07) is 15.2. The van der Waals surface area contributed by atoms with Crippen molar-refractivity contribution in [1.29, 1.82) is 0 Å². The largest absolute Gasteiger partial charge is 0.493 e. The second-order valence-electron chi connectivity index (χ2n) is 10.4. The molecular formula is C35H32Br2N2O8S. The van der Waals surface area contributed by atoms with Crippen molar-refractivity contribution in [3.63, 3.8) is 0 Å². The van der Waals surface area contributed by atoms with Gasteiger partial charge in [0.05, 0.1) is 59.3 Å². The molecule has 1 aromatic heterocycles. The number of benzene rings is 3. The number of esters is 2. The van der Waals surface area contributed by atoms with Gasteiger partial charge in [-0.1, -0.05) is 45.5 Å². The lowest BCUT2D eigenvalue weighted by atomic mass is 9.95. The predicted molar refractivity (Wildman–Crippen MR) is 189 cm³/mol. The molecule has 0 amide bonds. The summed E-state index contributed by atoms with van der Waals surface area (Å²) in [5.74, 6) is 0.611. The number of aromatic nitrogens is 1. The molecule has 2 heterocycles. The Labute approximate surface area is 297 Å². The van der Waals surface area contributed by atoms with Crippen LogP contribution in [0.25, 0.3) is 6.08 Å². The first-order chi connectivity index (χ1) is 23.1. The van der Waals surface area contributed by atoms with Crippen LogP contribution in [-0.4, -0.2) is 43.9 Å². The topological polar surface area (TPSA) is 115 Å². The van der Waals surface area contributed by atoms with Gasteiger partial charge in [0, 0.05) is 4.47 Å². The molecule has 1 atom stereocenters. The van der Waals surface area contributed by atoms with E-state index in [-0.39, 0.29) is 30.3 Å². The third-order valence-electron chi connectivity index (χ3n) is 7.43. The highest BCUT2D eigenvalue weighted by molar-refractivity contribution is 9.10. The lowest BCUT2D eigenvalue weighted by Gasteiger charge is -2.26. The van der Waals surface area contributed by atoms with Crippen LogP contribution in [0.15, 0.2) is 84.6 Å². The summed E-state index contributed by atoms with van der Waals surface area (Å²) < 4.78 is 30.7. The van der Waals surface area contributed by atoms with Gasteiger partial charge in [0.2, 0.25) is 0 Å². The number of ether oxygens (including phenoxy) is 5. The first-order valence-corrected chi connectivity index (χ1v) is 17.3. The molecule has 0 saturated heterocycles. The van der Waals surface area contributed by atoms with Crippen molar-refractivity contribution in [3.05, 3.63) is 117 Å². The van der Waals surface area contributed by atoms with Crippen LogP contribution in [0.5, 0.6) is 17.2 Å². The quantitative estimate of drug-likeness (QED) is 0.168. The number of fused-ring (bicyclic) bond motifs is 1. The second kappa shape index (κ2) is 15.3. The van der Waals surface area contributed by atoms with E-state index in [1.165, 1.54) is 30.1 Å². The van der Waals surface area contributed by atoms with Gasteiger partial charge >= 0.3 is 11.9 Å². The van der Waals surface area contributed by atoms with E-state index in [1.54, 1.807) is 51.1 Å². The van der Waals surface area contributed by atoms with Gasteiger partial charge < -0.3 is 23.7 Å². The monoisotopic (exact) mass is 798 g/mol. The minimum Gasteiger partial charge on any atom is -0.493 e. The minimum atomic E-state index is -0.842. The third-order valence-corrected chi connectivity index (χ3v) is 9.72. The maximum Gasteiger partial charge on any atom is 0.338 e. The van der Waals surface area contributed by atoms with Gasteiger partial charge in [0.25, 0.3) is 5.56 Å². The van der Waals surface area contributed by atoms with Crippen LogP contribution in [0.2, 0.25) is 0 Å². The average Bonchev–Trinajstić information content (AvgIpc) is 3.37. The van der Waals surface area contributed by atoms with Crippen molar-refractivity contribution in [2.75, 3.05) is 27.4 Å². The van der Waals surface area contributed by atoms with Crippen LogP contribution in [0.3, 0.4) is 0 Å². The molecule has 0 fully saturated rings. The van der Waals surface area contributed by atoms with Crippen LogP contribution in [-0.2, 0) is 20.9 Å². The summed E-state index contributed by atoms with van der Waals surface area (Å²) in [5, 5.41) is 0. The van der Waals surface area contributed by atoms with Crippen LogP contribution in [0, 0.1) is 0 Å². The summed E-state index contributed by atoms with van der Waals surface area (Å²) in [7, 11) is 3.05. The number of hydrogen-bond acceptors (Lipinski definition) is 10. The zero-order chi connectivity index (χ0) is 34.5. The van der Waals surface area contributed by atoms with E-state index < -0.39 is 12.0 Å². The van der Waals surface area contributed by atoms with E-state index in [0.29, 0.717) is 59.0 Å². The van der Waals surface area contributed by atoms with Gasteiger partial charge in [-0.2, -0.15) is 0 Å². The highest BCUT2D eigenvalue weighted by atomic mass is 79.9. The summed E-state index contributed by atoms with van der Waals surface area (Å²) in [6.45, 7) is 5.99. The van der Waals surface area contributed by atoms with E-state index in [0.717, 1.165) is 11.1 Å². The van der Waals surface area contributed by atoms with Gasteiger partial charge in [0.1, 0.15) is 12.4 Å². The number of carbonyl (C=O) groups is 2. The molecule has 0 saturated carbocycles. The molecule has 0 bridgehead atoms. The number of methoxy groups -OCH3 is 2. The standard InChI is InChI=1S/C35H32Br2N2O8S/c1-6-45-33(41)22-11-8-20(9-12-22)18-47-26-13-10-21(14-25(26)37)15-29-32(40)39-31(23-16-27(43-4)28(44-5)17-24(23)36)30(34(42)46-7-2)19(3)38-35(39)48-29/h8-17,31H,6-7,18H2,1-5H3/b29-15-/t31-/m0/s1. The lowest BCUT2D eigenvalue weighted by Crippen LogP contribution is -2.40. The molecule has 1 aliphatic heterocycles. The van der Waals surface area contributed by atoms with E-state index in [1.807, 2.05) is 30.3 Å². The Morgan fingerprint density at radius 2 is 1.56 bits per heavy atom. The fourth-order valence-corrected chi connectivity index (χ4v) is 7.25. The summed E-state index contributed by atoms with van der Waals surface area (Å²) in [6.07, 6.45) is 1.77. The first-order valence-electron chi connectivity index (χ1n) is 14.9. The number of allylic oxidation sites excluding steroid dienone is 1. The van der Waals surface area contributed by atoms with Crippen molar-refractivity contribution in [2.24, 2.45) is 4.99 Å². The van der Waals surface area contributed by atoms with Gasteiger partial charge in [-0.05, 0) is 95.9 Å². The maximum absolute atomic E-state index is 14.1. The Morgan fingerprint density at radius 3 is 2.21 bits per heavy atom. The SMILES string of the molecule is CCOC(=O)C1=C(C)N=c2s/c(=C\c3ccc(OCc4ccc(C(=O)OCC)cc4)c(Br)c3)c(=O)n2[C@H]1c1cc(OC)c(OC)cc1Br. The Kier molecular flexibility index (Phi) is 11.2. The van der Waals surface area contributed by atoms with Gasteiger partial charge in [-0.15, -0.1) is 0 Å². The first kappa shape index (κ1) is 35.1. The zero-order valence-corrected chi connectivity index (χ0v) is 30.8. The maximum atomic E-state index is 14.1. The molecular weight excluding hydrogens is 768 g/mol. The van der Waals surface area contributed by atoms with Crippen LogP contribution in [0.4, 0.5) is 0 Å². The van der Waals surface area contributed by atoms with Crippen molar-refractivity contribution >= 4 is 61.2 Å². The summed E-state index contributed by atoms with van der Waals surface area (Å²) in [4.78, 5) is 44.4. The number of thiazole rings is 1. The van der Waals surface area contributed by atoms with Crippen LogP contribution in [0.1, 0.15) is 53.9 Å². The van der Waals surface area contributed by atoms with E-state index in [9.17, 15) is 14.4 Å². The molecule has 10 nitrogen and oxygen atoms in total. The van der Waals surface area contributed by atoms with Gasteiger partial charge in [-0.3, -0.25) is 9.36 Å². The highest BCUT2D eigenvalue weighted by Gasteiger charge is 2.35. The minimum absolute atomic E-state index is 0.163. The number of carbonyl (C=O) groups excluding carboxylic acids is 2. The molecule has 3 aromatic carbocycles. The number of nitrogens with zero attached hydrogens (tertiary/aromatic N) is 2. The van der Waals surface area contributed by atoms with Crippen molar-refractivity contribution < 1.29 is 33.3 Å². The third kappa shape index (κ3) is 7.27. The summed E-state index contributed by atoms with van der Waals surface area (Å²) in [5.41, 5.74) is 3.11. The Morgan fingerprint density at radius 1 is 0.896 bits per heavy atom. The number of rotatable bonds is 11. The molecule has 0 radical (unpaired) electrons. The highest BCUT2D eigenvalue weighted by Crippen LogP contribution is 2.41. The molecule has 13 heteroatoms. The lowest BCUT2D eigenvalue weighted by molar-refractivity contribution is -0.139. The normalized spacial score (nSPS) is 14.2. The smallest absolute Gasteiger partial charge is 0.338 e. The van der Waals surface area contributed by atoms with Gasteiger partial charge in [0.15, 0.2) is 16.3 Å². The van der Waals surface area contributed by atoms with Crippen molar-refractivity contribution in [1.82, 2.24) is 4.57 Å². The molecule has 250 valence electrons. The number of hydrogen-bond donors (Lipinski definition) is 0. The Hall–Kier alpha value is -4.20. The molecule has 0 aliphatic carbocycles. The second-order valence-corrected chi connectivity index (χ2v) is 13.1. The number of halogens is 2. The fourth-order valence-electron chi connectivity index (χ4n) is 5.15. The van der Waals surface area contributed by atoms with Crippen molar-refractivity contribution in [2.45, 2.75) is 33.4 Å². The Bertz CT molecular complexity index is 2090.